The number of rotatable bonds is 8. The molecule has 0 spiro atoms. The van der Waals surface area contributed by atoms with Gasteiger partial charge in [-0.25, -0.2) is 4.39 Å². The lowest BCUT2D eigenvalue weighted by Gasteiger charge is -2.44. The van der Waals surface area contributed by atoms with Gasteiger partial charge in [-0.15, -0.1) is 0 Å². The Kier molecular flexibility index (Phi) is 8.05. The van der Waals surface area contributed by atoms with Gasteiger partial charge in [0.15, 0.2) is 11.6 Å². The Hall–Kier alpha value is -2.45. The van der Waals surface area contributed by atoms with Gasteiger partial charge in [0.1, 0.15) is 0 Å². The second-order valence-electron chi connectivity index (χ2n) is 10.6. The second kappa shape index (κ2) is 10.9. The Bertz CT molecular complexity index is 1080. The lowest BCUT2D eigenvalue weighted by molar-refractivity contribution is -0.140. The minimum absolute atomic E-state index is 0.0704. The zero-order valence-electron chi connectivity index (χ0n) is 21.7. The predicted octanol–water partition coefficient (Wildman–Crippen LogP) is 4.97. The van der Waals surface area contributed by atoms with E-state index in [1.54, 1.807) is 6.07 Å². The van der Waals surface area contributed by atoms with Gasteiger partial charge >= 0.3 is 7.12 Å². The molecule has 2 saturated heterocycles. The molecule has 0 aromatic heterocycles. The molecule has 2 fully saturated rings. The van der Waals surface area contributed by atoms with Crippen molar-refractivity contribution in [3.8, 4) is 5.75 Å². The van der Waals surface area contributed by atoms with Gasteiger partial charge in [0, 0.05) is 6.54 Å². The molecule has 194 valence electrons. The molecule has 0 bridgehead atoms. The fourth-order valence-electron chi connectivity index (χ4n) is 6.28. The monoisotopic (exact) mass is 497 g/mol. The molecule has 4 rings (SSSR count). The normalized spacial score (nSPS) is 26.7. The van der Waals surface area contributed by atoms with Crippen LogP contribution in [-0.4, -0.2) is 46.6 Å². The summed E-state index contributed by atoms with van der Waals surface area (Å²) < 4.78 is 19.9. The standard InChI is InChI=1S/C28H37BFNO5/c1-5-11-31-27(33)20-14-19(16(3)4)25-21(26(20)28(31)34)15-29(35)36-24(25)10-8-17(6-2)12-18-7-9-23(32)22(30)13-18/h7,9,12-13,16,20-21,24,26,32,35H,5-6,8,10-11,14-15H2,1-4H3/b17-12+/t20-,21+,24-,26-/m1/s1. The topological polar surface area (TPSA) is 87.1 Å². The smallest absolute Gasteiger partial charge is 0.455 e. The largest absolute Gasteiger partial charge is 0.505 e. The van der Waals surface area contributed by atoms with E-state index in [4.69, 9.17) is 4.65 Å². The molecule has 2 aliphatic heterocycles. The van der Waals surface area contributed by atoms with Crippen molar-refractivity contribution in [3.63, 3.8) is 0 Å². The van der Waals surface area contributed by atoms with Crippen LogP contribution < -0.4 is 0 Å². The van der Waals surface area contributed by atoms with Crippen LogP contribution in [0.2, 0.25) is 6.32 Å². The minimum Gasteiger partial charge on any atom is -0.505 e. The highest BCUT2D eigenvalue weighted by Crippen LogP contribution is 2.52. The Morgan fingerprint density at radius 2 is 2.00 bits per heavy atom. The van der Waals surface area contributed by atoms with Crippen LogP contribution in [0, 0.1) is 29.5 Å². The molecule has 8 heteroatoms. The van der Waals surface area contributed by atoms with Gasteiger partial charge < -0.3 is 14.8 Å². The van der Waals surface area contributed by atoms with Crippen LogP contribution in [0.25, 0.3) is 6.08 Å². The third-order valence-corrected chi connectivity index (χ3v) is 8.00. The van der Waals surface area contributed by atoms with E-state index in [-0.39, 0.29) is 41.4 Å². The molecule has 2 amide bonds. The first-order chi connectivity index (χ1) is 17.2. The Morgan fingerprint density at radius 1 is 1.25 bits per heavy atom. The van der Waals surface area contributed by atoms with Crippen molar-refractivity contribution in [2.75, 3.05) is 6.54 Å². The first-order valence-electron chi connectivity index (χ1n) is 13.3. The van der Waals surface area contributed by atoms with E-state index in [1.165, 1.54) is 22.6 Å². The zero-order valence-corrected chi connectivity index (χ0v) is 21.7. The van der Waals surface area contributed by atoms with Crippen LogP contribution >= 0.6 is 0 Å². The van der Waals surface area contributed by atoms with Crippen LogP contribution in [0.4, 0.5) is 4.39 Å². The predicted molar refractivity (Wildman–Crippen MR) is 137 cm³/mol. The number of carbonyl (C=O) groups is 2. The summed E-state index contributed by atoms with van der Waals surface area (Å²) in [7, 11) is -0.987. The first kappa shape index (κ1) is 26.6. The maximum Gasteiger partial charge on any atom is 0.455 e. The number of hydrogen-bond donors (Lipinski definition) is 2. The summed E-state index contributed by atoms with van der Waals surface area (Å²) in [4.78, 5) is 27.9. The maximum absolute atomic E-state index is 13.8. The number of fused-ring (bicyclic) bond motifs is 3. The van der Waals surface area contributed by atoms with E-state index in [9.17, 15) is 24.1 Å². The average molecular weight is 497 g/mol. The van der Waals surface area contributed by atoms with Gasteiger partial charge in [-0.05, 0) is 73.5 Å². The summed E-state index contributed by atoms with van der Waals surface area (Å²) in [6, 6.07) is 4.34. The van der Waals surface area contributed by atoms with E-state index in [0.29, 0.717) is 37.7 Å². The van der Waals surface area contributed by atoms with Crippen molar-refractivity contribution in [3.05, 3.63) is 46.3 Å². The van der Waals surface area contributed by atoms with Gasteiger partial charge in [-0.3, -0.25) is 14.5 Å². The fraction of sp³-hybridized carbons (Fsp3) is 0.571. The SMILES string of the molecule is CCCN1C(=O)[C@@H]2[C@@H](CC(C(C)C)=C3[C@@H](CC/C(=C/c4ccc(O)c(F)c4)CC)OB(O)C[C@@H]32)C1=O. The summed E-state index contributed by atoms with van der Waals surface area (Å²) in [6.07, 6.45) is 5.27. The summed E-state index contributed by atoms with van der Waals surface area (Å²) >= 11 is 0. The highest BCUT2D eigenvalue weighted by Gasteiger charge is 2.57. The summed E-state index contributed by atoms with van der Waals surface area (Å²) in [5, 5.41) is 20.1. The number of imide groups is 1. The molecule has 0 saturated carbocycles. The number of amides is 2. The Labute approximate surface area is 213 Å². The maximum atomic E-state index is 13.8. The van der Waals surface area contributed by atoms with Crippen LogP contribution in [-0.2, 0) is 14.2 Å². The highest BCUT2D eigenvalue weighted by atomic mass is 19.1. The van der Waals surface area contributed by atoms with Crippen molar-refractivity contribution in [2.45, 2.75) is 72.2 Å². The van der Waals surface area contributed by atoms with Crippen molar-refractivity contribution < 1.29 is 28.8 Å². The van der Waals surface area contributed by atoms with E-state index >= 15 is 0 Å². The quantitative estimate of drug-likeness (QED) is 0.301. The van der Waals surface area contributed by atoms with Gasteiger partial charge in [0.05, 0.1) is 17.9 Å². The van der Waals surface area contributed by atoms with Crippen molar-refractivity contribution in [1.82, 2.24) is 4.90 Å². The number of halogens is 1. The second-order valence-corrected chi connectivity index (χ2v) is 10.6. The Morgan fingerprint density at radius 3 is 2.64 bits per heavy atom. The number of phenolic OH excluding ortho intramolecular Hbond substituents is 1. The van der Waals surface area contributed by atoms with Crippen LogP contribution in [0.5, 0.6) is 5.75 Å². The lowest BCUT2D eigenvalue weighted by atomic mass is 9.57. The molecule has 0 unspecified atom stereocenters. The Balaban J connectivity index is 1.62. The lowest BCUT2D eigenvalue weighted by Crippen LogP contribution is -2.46. The molecule has 36 heavy (non-hydrogen) atoms. The molecule has 2 heterocycles. The summed E-state index contributed by atoms with van der Waals surface area (Å²) in [5.41, 5.74) is 4.06. The van der Waals surface area contributed by atoms with Gasteiger partial charge in [0.25, 0.3) is 0 Å². The van der Waals surface area contributed by atoms with Crippen molar-refractivity contribution in [2.24, 2.45) is 23.7 Å². The molecule has 3 aliphatic rings. The third kappa shape index (κ3) is 5.03. The number of carbonyl (C=O) groups excluding carboxylic acids is 2. The molecule has 2 N–H and O–H groups in total. The van der Waals surface area contributed by atoms with E-state index in [1.807, 2.05) is 19.9 Å². The van der Waals surface area contributed by atoms with Crippen molar-refractivity contribution in [1.29, 1.82) is 0 Å². The number of likely N-dealkylation sites (tertiary alicyclic amines) is 1. The van der Waals surface area contributed by atoms with Gasteiger partial charge in [-0.1, -0.05) is 51.0 Å². The van der Waals surface area contributed by atoms with Crippen LogP contribution in [0.1, 0.15) is 65.4 Å². The average Bonchev–Trinajstić information content (AvgIpc) is 3.08. The number of hydrogen-bond acceptors (Lipinski definition) is 5. The third-order valence-electron chi connectivity index (χ3n) is 8.00. The zero-order chi connectivity index (χ0) is 26.1. The summed E-state index contributed by atoms with van der Waals surface area (Å²) in [6.45, 7) is 8.67. The van der Waals surface area contributed by atoms with Gasteiger partial charge in [0.2, 0.25) is 11.8 Å². The molecule has 4 atom stereocenters. The molecular weight excluding hydrogens is 460 g/mol. The van der Waals surface area contributed by atoms with Crippen LogP contribution in [0.15, 0.2) is 34.9 Å². The minimum atomic E-state index is -0.987. The molecule has 1 aromatic rings. The molecule has 1 aromatic carbocycles. The molecule has 1 aliphatic carbocycles. The van der Waals surface area contributed by atoms with E-state index in [0.717, 1.165) is 24.0 Å². The molecular formula is C28H37BFNO5. The highest BCUT2D eigenvalue weighted by molar-refractivity contribution is 6.43. The molecule has 0 radical (unpaired) electrons. The number of benzene rings is 1. The number of allylic oxidation sites excluding steroid dienone is 2. The summed E-state index contributed by atoms with van der Waals surface area (Å²) in [5.74, 6) is -1.98. The van der Waals surface area contributed by atoms with Gasteiger partial charge in [-0.2, -0.15) is 0 Å². The number of aromatic hydroxyl groups is 1. The van der Waals surface area contributed by atoms with Crippen LogP contribution in [0.3, 0.4) is 0 Å². The number of nitrogens with zero attached hydrogens (tertiary/aromatic N) is 1. The molecule has 6 nitrogen and oxygen atoms in total. The fourth-order valence-corrected chi connectivity index (χ4v) is 6.28. The van der Waals surface area contributed by atoms with Crippen molar-refractivity contribution >= 4 is 25.0 Å². The van der Waals surface area contributed by atoms with E-state index < -0.39 is 18.9 Å². The number of phenols is 1. The van der Waals surface area contributed by atoms with E-state index in [2.05, 4.69) is 13.8 Å². The first-order valence-corrected chi connectivity index (χ1v) is 13.3.